The molecule has 0 radical (unpaired) electrons. The van der Waals surface area contributed by atoms with E-state index >= 15 is 0 Å². The highest BCUT2D eigenvalue weighted by molar-refractivity contribution is 5.80. The molecular weight excluding hydrogens is 320 g/mol. The van der Waals surface area contributed by atoms with E-state index in [-0.39, 0.29) is 18.2 Å². The molecule has 138 valence electrons. The molecule has 2 rings (SSSR count). The summed E-state index contributed by atoms with van der Waals surface area (Å²) in [5, 5.41) is 0. The lowest BCUT2D eigenvalue weighted by molar-refractivity contribution is -0.133. The minimum Gasteiger partial charge on any atom is -0.496 e. The van der Waals surface area contributed by atoms with Gasteiger partial charge in [-0.05, 0) is 31.0 Å². The van der Waals surface area contributed by atoms with E-state index in [4.69, 9.17) is 9.47 Å². The molecule has 1 fully saturated rings. The molecule has 0 N–H and O–H groups in total. The second kappa shape index (κ2) is 8.74. The van der Waals surface area contributed by atoms with E-state index < -0.39 is 0 Å². The number of benzene rings is 1. The SMILES string of the molecule is CCC(=O)N1CCCN(C(=O)Cc2cc(OC)c(C)cc2OC)CC1. The monoisotopic (exact) mass is 348 g/mol. The fourth-order valence-corrected chi connectivity index (χ4v) is 3.17. The number of hydrogen-bond donors (Lipinski definition) is 0. The van der Waals surface area contributed by atoms with Crippen LogP contribution in [-0.4, -0.2) is 62.0 Å². The maximum atomic E-state index is 12.7. The molecule has 1 aromatic carbocycles. The van der Waals surface area contributed by atoms with Gasteiger partial charge < -0.3 is 19.3 Å². The first-order valence-corrected chi connectivity index (χ1v) is 8.77. The van der Waals surface area contributed by atoms with Crippen LogP contribution in [-0.2, 0) is 16.0 Å². The van der Waals surface area contributed by atoms with Gasteiger partial charge in [-0.15, -0.1) is 0 Å². The zero-order valence-electron chi connectivity index (χ0n) is 15.6. The van der Waals surface area contributed by atoms with E-state index in [1.54, 1.807) is 14.2 Å². The summed E-state index contributed by atoms with van der Waals surface area (Å²) in [7, 11) is 3.23. The van der Waals surface area contributed by atoms with Gasteiger partial charge in [0.05, 0.1) is 20.6 Å². The molecule has 25 heavy (non-hydrogen) atoms. The summed E-state index contributed by atoms with van der Waals surface area (Å²) < 4.78 is 10.8. The molecule has 6 heteroatoms. The number of amides is 2. The molecule has 0 unspecified atom stereocenters. The third-order valence-corrected chi connectivity index (χ3v) is 4.64. The Bertz CT molecular complexity index is 630. The van der Waals surface area contributed by atoms with Crippen LogP contribution in [0.3, 0.4) is 0 Å². The van der Waals surface area contributed by atoms with Crippen molar-refractivity contribution in [2.24, 2.45) is 0 Å². The van der Waals surface area contributed by atoms with E-state index in [0.29, 0.717) is 31.8 Å². The minimum atomic E-state index is 0.0509. The number of ether oxygens (including phenoxy) is 2. The Morgan fingerprint density at radius 1 is 0.960 bits per heavy atom. The molecule has 6 nitrogen and oxygen atoms in total. The molecule has 0 aromatic heterocycles. The molecule has 1 heterocycles. The van der Waals surface area contributed by atoms with E-state index in [9.17, 15) is 9.59 Å². The molecule has 0 atom stereocenters. The summed E-state index contributed by atoms with van der Waals surface area (Å²) in [5.41, 5.74) is 1.79. The summed E-state index contributed by atoms with van der Waals surface area (Å²) in [5.74, 6) is 1.65. The van der Waals surface area contributed by atoms with Gasteiger partial charge in [-0.3, -0.25) is 9.59 Å². The van der Waals surface area contributed by atoms with E-state index in [1.807, 2.05) is 35.8 Å². The van der Waals surface area contributed by atoms with Crippen LogP contribution in [0.15, 0.2) is 12.1 Å². The lowest BCUT2D eigenvalue weighted by Gasteiger charge is -2.22. The highest BCUT2D eigenvalue weighted by Gasteiger charge is 2.22. The Hall–Kier alpha value is -2.24. The maximum Gasteiger partial charge on any atom is 0.227 e. The van der Waals surface area contributed by atoms with Crippen LogP contribution >= 0.6 is 0 Å². The minimum absolute atomic E-state index is 0.0509. The van der Waals surface area contributed by atoms with Crippen molar-refractivity contribution in [1.29, 1.82) is 0 Å². The Labute approximate surface area is 149 Å². The average Bonchev–Trinajstić information content (AvgIpc) is 2.88. The maximum absolute atomic E-state index is 12.7. The largest absolute Gasteiger partial charge is 0.496 e. The smallest absolute Gasteiger partial charge is 0.227 e. The Kier molecular flexibility index (Phi) is 6.67. The van der Waals surface area contributed by atoms with Crippen molar-refractivity contribution in [3.05, 3.63) is 23.3 Å². The van der Waals surface area contributed by atoms with Crippen molar-refractivity contribution in [2.45, 2.75) is 33.1 Å². The number of carbonyl (C=O) groups is 2. The van der Waals surface area contributed by atoms with Crippen molar-refractivity contribution < 1.29 is 19.1 Å². The van der Waals surface area contributed by atoms with Gasteiger partial charge in [0.25, 0.3) is 0 Å². The van der Waals surface area contributed by atoms with Gasteiger partial charge in [-0.2, -0.15) is 0 Å². The molecular formula is C19H28N2O4. The zero-order chi connectivity index (χ0) is 18.4. The first-order valence-electron chi connectivity index (χ1n) is 8.77. The van der Waals surface area contributed by atoms with Crippen LogP contribution in [0.2, 0.25) is 0 Å². The van der Waals surface area contributed by atoms with Gasteiger partial charge in [0, 0.05) is 38.2 Å². The lowest BCUT2D eigenvalue weighted by atomic mass is 10.1. The molecule has 1 aliphatic rings. The molecule has 1 aromatic rings. The molecule has 0 aliphatic carbocycles. The normalized spacial score (nSPS) is 14.9. The third-order valence-electron chi connectivity index (χ3n) is 4.64. The van der Waals surface area contributed by atoms with Gasteiger partial charge in [0.2, 0.25) is 11.8 Å². The van der Waals surface area contributed by atoms with E-state index in [0.717, 1.165) is 29.8 Å². The topological polar surface area (TPSA) is 59.1 Å². The van der Waals surface area contributed by atoms with Gasteiger partial charge in [-0.25, -0.2) is 0 Å². The zero-order valence-corrected chi connectivity index (χ0v) is 15.6. The molecule has 1 saturated heterocycles. The number of aryl methyl sites for hydroxylation is 1. The number of carbonyl (C=O) groups excluding carboxylic acids is 2. The predicted octanol–water partition coefficient (Wildman–Crippen LogP) is 2.03. The quantitative estimate of drug-likeness (QED) is 0.817. The Balaban J connectivity index is 2.08. The fourth-order valence-electron chi connectivity index (χ4n) is 3.17. The Morgan fingerprint density at radius 3 is 2.12 bits per heavy atom. The average molecular weight is 348 g/mol. The summed E-state index contributed by atoms with van der Waals surface area (Å²) in [6, 6.07) is 3.77. The predicted molar refractivity (Wildman–Crippen MR) is 96.1 cm³/mol. The van der Waals surface area contributed by atoms with Crippen molar-refractivity contribution >= 4 is 11.8 Å². The van der Waals surface area contributed by atoms with Gasteiger partial charge >= 0.3 is 0 Å². The van der Waals surface area contributed by atoms with Crippen LogP contribution in [0.1, 0.15) is 30.9 Å². The molecule has 1 aliphatic heterocycles. The van der Waals surface area contributed by atoms with Crippen LogP contribution < -0.4 is 9.47 Å². The van der Waals surface area contributed by atoms with Gasteiger partial charge in [0.15, 0.2) is 0 Å². The Morgan fingerprint density at radius 2 is 1.56 bits per heavy atom. The second-order valence-corrected chi connectivity index (χ2v) is 6.28. The number of nitrogens with zero attached hydrogens (tertiary/aromatic N) is 2. The van der Waals surface area contributed by atoms with E-state index in [1.165, 1.54) is 0 Å². The first kappa shape index (κ1) is 19.1. The van der Waals surface area contributed by atoms with Crippen LogP contribution in [0.5, 0.6) is 11.5 Å². The fraction of sp³-hybridized carbons (Fsp3) is 0.579. The van der Waals surface area contributed by atoms with Gasteiger partial charge in [-0.1, -0.05) is 6.92 Å². The summed E-state index contributed by atoms with van der Waals surface area (Å²) in [6.07, 6.45) is 1.58. The summed E-state index contributed by atoms with van der Waals surface area (Å²) >= 11 is 0. The van der Waals surface area contributed by atoms with Crippen LogP contribution in [0.25, 0.3) is 0 Å². The van der Waals surface area contributed by atoms with Crippen molar-refractivity contribution in [3.8, 4) is 11.5 Å². The number of methoxy groups -OCH3 is 2. The van der Waals surface area contributed by atoms with Gasteiger partial charge in [0.1, 0.15) is 11.5 Å². The molecule has 0 bridgehead atoms. The van der Waals surface area contributed by atoms with Crippen LogP contribution in [0.4, 0.5) is 0 Å². The first-order chi connectivity index (χ1) is 12.0. The lowest BCUT2D eigenvalue weighted by Crippen LogP contribution is -2.37. The molecule has 0 spiro atoms. The highest BCUT2D eigenvalue weighted by atomic mass is 16.5. The second-order valence-electron chi connectivity index (χ2n) is 6.28. The van der Waals surface area contributed by atoms with E-state index in [2.05, 4.69) is 0 Å². The summed E-state index contributed by atoms with van der Waals surface area (Å²) in [6.45, 7) is 6.40. The molecule has 0 saturated carbocycles. The summed E-state index contributed by atoms with van der Waals surface area (Å²) in [4.78, 5) is 28.3. The number of rotatable bonds is 5. The standard InChI is InChI=1S/C19H28N2O4/c1-5-18(22)20-7-6-8-21(10-9-20)19(23)13-15-12-16(24-3)14(2)11-17(15)25-4/h11-12H,5-10,13H2,1-4H3. The highest BCUT2D eigenvalue weighted by Crippen LogP contribution is 2.29. The van der Waals surface area contributed by atoms with Crippen molar-refractivity contribution in [1.82, 2.24) is 9.80 Å². The van der Waals surface area contributed by atoms with Crippen molar-refractivity contribution in [2.75, 3.05) is 40.4 Å². The third kappa shape index (κ3) is 4.65. The molecule has 2 amide bonds. The number of hydrogen-bond acceptors (Lipinski definition) is 4. The van der Waals surface area contributed by atoms with Crippen LogP contribution in [0, 0.1) is 6.92 Å². The van der Waals surface area contributed by atoms with Crippen molar-refractivity contribution in [3.63, 3.8) is 0 Å².